The van der Waals surface area contributed by atoms with Crippen molar-refractivity contribution in [2.45, 2.75) is 25.8 Å². The van der Waals surface area contributed by atoms with E-state index in [9.17, 15) is 0 Å². The fourth-order valence-electron chi connectivity index (χ4n) is 2.54. The largest absolute Gasteiger partial charge is 0.493 e. The summed E-state index contributed by atoms with van der Waals surface area (Å²) in [5.74, 6) is 0.927. The fraction of sp³-hybridized carbons (Fsp3) is 0.312. The van der Waals surface area contributed by atoms with Crippen LogP contribution in [0.25, 0.3) is 0 Å². The van der Waals surface area contributed by atoms with E-state index in [0.29, 0.717) is 5.15 Å². The Kier molecular flexibility index (Phi) is 4.36. The number of halogens is 2. The van der Waals surface area contributed by atoms with Gasteiger partial charge in [0.2, 0.25) is 0 Å². The summed E-state index contributed by atoms with van der Waals surface area (Å²) in [6.07, 6.45) is 3.77. The van der Waals surface area contributed by atoms with Crippen LogP contribution in [0.15, 0.2) is 34.9 Å². The average molecular weight is 368 g/mol. The third-order valence-electron chi connectivity index (χ3n) is 3.55. The SMILES string of the molecule is Cc1cnc(Cl)c(NC2CCCOc3cc(Br)ccc32)c1. The Morgan fingerprint density at radius 2 is 2.24 bits per heavy atom. The zero-order valence-corrected chi connectivity index (χ0v) is 14.0. The number of nitrogens with one attached hydrogen (secondary N) is 1. The maximum absolute atomic E-state index is 6.20. The summed E-state index contributed by atoms with van der Waals surface area (Å²) < 4.78 is 6.86. The summed E-state index contributed by atoms with van der Waals surface area (Å²) in [6, 6.07) is 8.36. The lowest BCUT2D eigenvalue weighted by atomic mass is 10.0. The first-order valence-electron chi connectivity index (χ1n) is 6.94. The quantitative estimate of drug-likeness (QED) is 0.747. The molecule has 1 unspecified atom stereocenters. The summed E-state index contributed by atoms with van der Waals surface area (Å²) in [6.45, 7) is 2.75. The third kappa shape index (κ3) is 3.33. The molecule has 0 bridgehead atoms. The Bertz CT molecular complexity index is 663. The average Bonchev–Trinajstić information content (AvgIpc) is 2.65. The summed E-state index contributed by atoms with van der Waals surface area (Å²) in [7, 11) is 0. The number of rotatable bonds is 2. The van der Waals surface area contributed by atoms with Crippen LogP contribution in [-0.2, 0) is 0 Å². The molecule has 0 amide bonds. The van der Waals surface area contributed by atoms with Crippen LogP contribution < -0.4 is 10.1 Å². The van der Waals surface area contributed by atoms with Gasteiger partial charge in [-0.1, -0.05) is 33.6 Å². The molecule has 110 valence electrons. The lowest BCUT2D eigenvalue weighted by Crippen LogP contribution is -2.11. The van der Waals surface area contributed by atoms with Crippen LogP contribution in [0.3, 0.4) is 0 Å². The molecule has 0 fully saturated rings. The highest BCUT2D eigenvalue weighted by molar-refractivity contribution is 9.10. The lowest BCUT2D eigenvalue weighted by molar-refractivity contribution is 0.316. The Hall–Kier alpha value is -1.26. The number of hydrogen-bond donors (Lipinski definition) is 1. The van der Waals surface area contributed by atoms with Gasteiger partial charge >= 0.3 is 0 Å². The van der Waals surface area contributed by atoms with E-state index in [2.05, 4.69) is 32.3 Å². The molecule has 21 heavy (non-hydrogen) atoms. The van der Waals surface area contributed by atoms with Crippen LogP contribution in [-0.4, -0.2) is 11.6 Å². The second-order valence-electron chi connectivity index (χ2n) is 5.22. The molecule has 2 aromatic rings. The first-order valence-corrected chi connectivity index (χ1v) is 8.11. The van der Waals surface area contributed by atoms with Crippen molar-refractivity contribution in [3.8, 4) is 5.75 Å². The van der Waals surface area contributed by atoms with Crippen LogP contribution in [0.2, 0.25) is 5.15 Å². The number of fused-ring (bicyclic) bond motifs is 1. The van der Waals surface area contributed by atoms with E-state index in [1.165, 1.54) is 0 Å². The molecule has 1 aromatic heterocycles. The zero-order valence-electron chi connectivity index (χ0n) is 11.7. The molecule has 3 rings (SSSR count). The number of ether oxygens (including phenoxy) is 1. The molecular formula is C16H16BrClN2O. The number of pyridine rings is 1. The number of benzene rings is 1. The molecule has 5 heteroatoms. The molecule has 2 heterocycles. The predicted octanol–water partition coefficient (Wildman–Crippen LogP) is 5.13. The van der Waals surface area contributed by atoms with Gasteiger partial charge in [0.25, 0.3) is 0 Å². The zero-order chi connectivity index (χ0) is 14.8. The number of aryl methyl sites for hydroxylation is 1. The Balaban J connectivity index is 1.94. The van der Waals surface area contributed by atoms with Gasteiger partial charge in [-0.25, -0.2) is 4.98 Å². The minimum atomic E-state index is 0.177. The highest BCUT2D eigenvalue weighted by Gasteiger charge is 2.20. The summed E-state index contributed by atoms with van der Waals surface area (Å²) in [4.78, 5) is 4.20. The van der Waals surface area contributed by atoms with E-state index in [-0.39, 0.29) is 6.04 Å². The summed E-state index contributed by atoms with van der Waals surface area (Å²) >= 11 is 9.69. The molecule has 3 nitrogen and oxygen atoms in total. The number of anilines is 1. The normalized spacial score (nSPS) is 17.6. The highest BCUT2D eigenvalue weighted by atomic mass is 79.9. The second-order valence-corrected chi connectivity index (χ2v) is 6.49. The van der Waals surface area contributed by atoms with E-state index in [4.69, 9.17) is 16.3 Å². The van der Waals surface area contributed by atoms with Gasteiger partial charge in [0.15, 0.2) is 5.15 Å². The molecule has 0 radical (unpaired) electrons. The van der Waals surface area contributed by atoms with Gasteiger partial charge < -0.3 is 10.1 Å². The standard InChI is InChI=1S/C16H16BrClN2O/c1-10-7-14(16(18)19-9-10)20-13-3-2-6-21-15-8-11(17)4-5-12(13)15/h4-5,7-9,13,20H,2-3,6H2,1H3. The molecular weight excluding hydrogens is 352 g/mol. The van der Waals surface area contributed by atoms with Crippen molar-refractivity contribution >= 4 is 33.2 Å². The van der Waals surface area contributed by atoms with Crippen molar-refractivity contribution in [1.82, 2.24) is 4.98 Å². The van der Waals surface area contributed by atoms with Crippen LogP contribution in [0, 0.1) is 6.92 Å². The van der Waals surface area contributed by atoms with Gasteiger partial charge in [0, 0.05) is 16.2 Å². The van der Waals surface area contributed by atoms with E-state index in [1.807, 2.05) is 25.1 Å². The van der Waals surface area contributed by atoms with E-state index >= 15 is 0 Å². The van der Waals surface area contributed by atoms with Crippen LogP contribution >= 0.6 is 27.5 Å². The Morgan fingerprint density at radius 1 is 1.38 bits per heavy atom. The minimum absolute atomic E-state index is 0.177. The lowest BCUT2D eigenvalue weighted by Gasteiger charge is -2.20. The minimum Gasteiger partial charge on any atom is -0.493 e. The maximum Gasteiger partial charge on any atom is 0.152 e. The van der Waals surface area contributed by atoms with Gasteiger partial charge in [-0.2, -0.15) is 0 Å². The number of hydrogen-bond acceptors (Lipinski definition) is 3. The van der Waals surface area contributed by atoms with Crippen LogP contribution in [0.5, 0.6) is 5.75 Å². The van der Waals surface area contributed by atoms with Crippen molar-refractivity contribution in [3.63, 3.8) is 0 Å². The third-order valence-corrected chi connectivity index (χ3v) is 4.35. The van der Waals surface area contributed by atoms with Gasteiger partial charge in [0.1, 0.15) is 5.75 Å². The topological polar surface area (TPSA) is 34.2 Å². The number of nitrogens with zero attached hydrogens (tertiary/aromatic N) is 1. The van der Waals surface area contributed by atoms with Gasteiger partial charge in [-0.3, -0.25) is 0 Å². The maximum atomic E-state index is 6.20. The van der Waals surface area contributed by atoms with Crippen molar-refractivity contribution < 1.29 is 4.74 Å². The molecule has 0 saturated heterocycles. The summed E-state index contributed by atoms with van der Waals surface area (Å²) in [5.41, 5.74) is 3.12. The molecule has 1 N–H and O–H groups in total. The highest BCUT2D eigenvalue weighted by Crippen LogP contribution is 2.36. The van der Waals surface area contributed by atoms with E-state index in [1.54, 1.807) is 6.20 Å². The Morgan fingerprint density at radius 3 is 3.10 bits per heavy atom. The van der Waals surface area contributed by atoms with Crippen molar-refractivity contribution in [2.24, 2.45) is 0 Å². The van der Waals surface area contributed by atoms with Gasteiger partial charge in [-0.05, 0) is 43.5 Å². The van der Waals surface area contributed by atoms with Crippen molar-refractivity contribution in [2.75, 3.05) is 11.9 Å². The molecule has 1 aliphatic heterocycles. The van der Waals surface area contributed by atoms with Crippen molar-refractivity contribution in [3.05, 3.63) is 51.2 Å². The van der Waals surface area contributed by atoms with Crippen molar-refractivity contribution in [1.29, 1.82) is 0 Å². The fourth-order valence-corrected chi connectivity index (χ4v) is 3.04. The number of aromatic nitrogens is 1. The van der Waals surface area contributed by atoms with Gasteiger partial charge in [0.05, 0.1) is 18.3 Å². The summed E-state index contributed by atoms with van der Waals surface area (Å²) in [5, 5.41) is 4.02. The van der Waals surface area contributed by atoms with Gasteiger partial charge in [-0.15, -0.1) is 0 Å². The molecule has 1 atom stereocenters. The monoisotopic (exact) mass is 366 g/mol. The Labute approximate surface area is 137 Å². The van der Waals surface area contributed by atoms with E-state index < -0.39 is 0 Å². The molecule has 1 aromatic carbocycles. The van der Waals surface area contributed by atoms with E-state index in [0.717, 1.165) is 46.5 Å². The predicted molar refractivity (Wildman–Crippen MR) is 89.2 cm³/mol. The molecule has 0 spiro atoms. The molecule has 0 saturated carbocycles. The second kappa shape index (κ2) is 6.24. The van der Waals surface area contributed by atoms with Crippen LogP contribution in [0.4, 0.5) is 5.69 Å². The first kappa shape index (κ1) is 14.7. The first-order chi connectivity index (χ1) is 10.1. The smallest absolute Gasteiger partial charge is 0.152 e. The molecule has 1 aliphatic rings. The molecule has 0 aliphatic carbocycles. The van der Waals surface area contributed by atoms with Crippen LogP contribution in [0.1, 0.15) is 30.0 Å².